The maximum Gasteiger partial charge on any atom is 0.296 e. The number of para-hydroxylation sites is 1. The van der Waals surface area contributed by atoms with Gasteiger partial charge in [0.2, 0.25) is 0 Å². The van der Waals surface area contributed by atoms with Gasteiger partial charge >= 0.3 is 88.4 Å². The van der Waals surface area contributed by atoms with E-state index in [-0.39, 0.29) is 20.8 Å². The van der Waals surface area contributed by atoms with E-state index in [1.807, 2.05) is 0 Å². The van der Waals surface area contributed by atoms with Crippen LogP contribution in [0, 0.1) is 0 Å². The van der Waals surface area contributed by atoms with Gasteiger partial charge in [-0.15, -0.1) is 0 Å². The Morgan fingerprint density at radius 1 is 1.24 bits per heavy atom. The first-order valence-electron chi connectivity index (χ1n) is 6.48. The van der Waals surface area contributed by atoms with Crippen LogP contribution in [0.3, 0.4) is 0 Å². The first kappa shape index (κ1) is 21.0. The van der Waals surface area contributed by atoms with Crippen molar-refractivity contribution in [3.8, 4) is 0 Å². The Morgan fingerprint density at radius 3 is 2.32 bits per heavy atom. The number of nitrogens with one attached hydrogen (secondary N) is 1. The molecule has 25 heavy (non-hydrogen) atoms. The van der Waals surface area contributed by atoms with Crippen LogP contribution < -0.4 is 9.67 Å². The third-order valence-corrected chi connectivity index (χ3v) is 5.96. The Morgan fingerprint density at radius 2 is 1.88 bits per heavy atom. The molecule has 2 rings (SSSR count). The predicted octanol–water partition coefficient (Wildman–Crippen LogP) is 0.0316. The number of anilines is 1. The van der Waals surface area contributed by atoms with Crippen molar-refractivity contribution >= 4 is 40.2 Å². The summed E-state index contributed by atoms with van der Waals surface area (Å²) in [7, 11) is -4.07. The molecule has 1 amide bonds. The van der Waals surface area contributed by atoms with Crippen LogP contribution in [0.5, 0.6) is 0 Å². The fourth-order valence-electron chi connectivity index (χ4n) is 1.56. The average Bonchev–Trinajstić information content (AvgIpc) is 2.55. The summed E-state index contributed by atoms with van der Waals surface area (Å²) in [5.74, 6) is -0.379. The third kappa shape index (κ3) is 6.78. The first-order chi connectivity index (χ1) is 11.6. The van der Waals surface area contributed by atoms with Crippen LogP contribution in [0.1, 0.15) is 6.92 Å². The summed E-state index contributed by atoms with van der Waals surface area (Å²) in [5.41, 5.74) is 0.157. The summed E-state index contributed by atoms with van der Waals surface area (Å²) < 4.78 is 53.2. The fraction of sp³-hybridized carbons (Fsp3) is 0.0769. The smallest absolute Gasteiger partial charge is 0.282 e. The van der Waals surface area contributed by atoms with Gasteiger partial charge < -0.3 is 0 Å². The zero-order chi connectivity index (χ0) is 19.1. The molecule has 0 spiro atoms. The van der Waals surface area contributed by atoms with Crippen molar-refractivity contribution in [3.63, 3.8) is 0 Å². The predicted molar refractivity (Wildman–Crippen MR) is 86.8 cm³/mol. The molecule has 1 unspecified atom stereocenters. The van der Waals surface area contributed by atoms with Gasteiger partial charge in [0.15, 0.2) is 0 Å². The van der Waals surface area contributed by atoms with E-state index in [9.17, 15) is 21.0 Å². The molecule has 1 aromatic heterocycles. The molecule has 0 fully saturated rings. The second-order valence-electron chi connectivity index (χ2n) is 4.46. The van der Waals surface area contributed by atoms with Crippen molar-refractivity contribution in [3.05, 3.63) is 48.8 Å². The molecule has 1 aromatic carbocycles. The largest absolute Gasteiger partial charge is 0.296 e. The number of carbonyl (C=O) groups is 1. The molecule has 0 aliphatic heterocycles. The number of carbonyl (C=O) groups excluding carboxylic acids is 1. The van der Waals surface area contributed by atoms with Crippen LogP contribution in [0.25, 0.3) is 0 Å². The minimum atomic E-state index is -4.92. The second kappa shape index (κ2) is 8.90. The van der Waals surface area contributed by atoms with E-state index >= 15 is 0 Å². The Balaban J connectivity index is 0.000000271. The van der Waals surface area contributed by atoms with Crippen molar-refractivity contribution in [1.82, 2.24) is 4.98 Å². The van der Waals surface area contributed by atoms with Gasteiger partial charge in [0.05, 0.1) is 0 Å². The van der Waals surface area contributed by atoms with Crippen molar-refractivity contribution < 1.29 is 34.7 Å². The molecule has 12 heteroatoms. The Labute approximate surface area is 146 Å². The van der Waals surface area contributed by atoms with Gasteiger partial charge in [-0.25, -0.2) is 0 Å². The molecule has 0 saturated carbocycles. The molecule has 1 atom stereocenters. The number of nitrogens with zero attached hydrogens (tertiary/aromatic N) is 1. The summed E-state index contributed by atoms with van der Waals surface area (Å²) in [6, 6.07) is 8.54. The van der Waals surface area contributed by atoms with E-state index in [0.717, 1.165) is 6.20 Å². The molecule has 0 aliphatic carbocycles. The van der Waals surface area contributed by atoms with Crippen LogP contribution in [0.2, 0.25) is 0 Å². The normalized spacial score (nSPS) is 13.1. The molecule has 10 nitrogen and oxygen atoms in total. The number of rotatable bonds is 4. The minimum absolute atomic E-state index is 0.103. The van der Waals surface area contributed by atoms with Crippen molar-refractivity contribution in [2.24, 2.45) is 0 Å². The number of benzene rings is 1. The van der Waals surface area contributed by atoms with E-state index in [1.54, 1.807) is 6.07 Å². The van der Waals surface area contributed by atoms with Gasteiger partial charge in [0.25, 0.3) is 10.1 Å². The maximum atomic E-state index is 11.4. The van der Waals surface area contributed by atoms with Gasteiger partial charge in [-0.3, -0.25) is 9.54 Å². The number of pyridine rings is 1. The van der Waals surface area contributed by atoms with E-state index in [2.05, 4.69) is 14.2 Å². The summed E-state index contributed by atoms with van der Waals surface area (Å²) in [6.45, 7) is 1.27. The molecule has 0 saturated heterocycles. The van der Waals surface area contributed by atoms with Gasteiger partial charge in [-0.2, -0.15) is 8.42 Å². The van der Waals surface area contributed by atoms with Crippen molar-refractivity contribution in [2.75, 3.05) is 5.32 Å². The molecular formula is C13H15AsN2O8S. The van der Waals surface area contributed by atoms with Gasteiger partial charge in [0.1, 0.15) is 4.90 Å². The molecule has 136 valence electrons. The summed E-state index contributed by atoms with van der Waals surface area (Å²) >= 11 is -4.92. The third-order valence-electron chi connectivity index (χ3n) is 2.56. The van der Waals surface area contributed by atoms with Crippen molar-refractivity contribution in [1.29, 1.82) is 0 Å². The molecule has 0 aliphatic rings. The molecule has 1 heterocycles. The standard InChI is InChI=1S/C8H10AsNO5.C5H5NO3S/c1-6(11)10-8-5-3-2-4-7(8)9(12,13)15-14;7-10(8,9)5-2-1-3-6-4-5/h2-5,14H,1H3,(H,10,11)(H,12,13);1-4H,(H,7,8,9). The second-order valence-corrected chi connectivity index (χ2v) is 9.42. The summed E-state index contributed by atoms with van der Waals surface area (Å²) in [6.07, 6.45) is 2.50. The number of amides is 1. The Kier molecular flexibility index (Phi) is 7.49. The van der Waals surface area contributed by atoms with E-state index in [0.29, 0.717) is 0 Å². The van der Waals surface area contributed by atoms with Crippen LogP contribution in [-0.2, 0) is 22.5 Å². The number of aromatic nitrogens is 1. The maximum absolute atomic E-state index is 11.4. The fourth-order valence-corrected chi connectivity index (χ4v) is 3.68. The number of hydrogen-bond donors (Lipinski definition) is 4. The molecule has 4 N–H and O–H groups in total. The molecule has 2 aromatic rings. The minimum Gasteiger partial charge on any atom is -0.282 e. The van der Waals surface area contributed by atoms with Crippen LogP contribution >= 0.6 is 0 Å². The molecule has 0 bridgehead atoms. The van der Waals surface area contributed by atoms with Gasteiger partial charge in [-0.1, -0.05) is 0 Å². The van der Waals surface area contributed by atoms with Crippen LogP contribution in [-0.4, -0.2) is 47.4 Å². The van der Waals surface area contributed by atoms with Crippen LogP contribution in [0.15, 0.2) is 53.7 Å². The van der Waals surface area contributed by atoms with E-state index < -0.39 is 24.3 Å². The number of hydrogen-bond acceptors (Lipinski definition) is 7. The zero-order valence-electron chi connectivity index (χ0n) is 12.8. The molecular weight excluding hydrogens is 419 g/mol. The summed E-state index contributed by atoms with van der Waals surface area (Å²) in [4.78, 5) is 14.1. The van der Waals surface area contributed by atoms with E-state index in [4.69, 9.17) is 9.81 Å². The Bertz CT molecular complexity index is 873. The Hall–Kier alpha value is -2.01. The molecule has 0 radical (unpaired) electrons. The SMILES string of the molecule is CC(=O)Nc1ccccc1[As](=O)(O)OO.O=S(=O)(O)c1cccnc1. The van der Waals surface area contributed by atoms with Crippen molar-refractivity contribution in [2.45, 2.75) is 11.8 Å². The summed E-state index contributed by atoms with van der Waals surface area (Å²) in [5, 5.41) is 10.7. The average molecular weight is 434 g/mol. The van der Waals surface area contributed by atoms with E-state index in [1.165, 1.54) is 43.5 Å². The topological polar surface area (TPSA) is 163 Å². The van der Waals surface area contributed by atoms with Gasteiger partial charge in [-0.05, 0) is 12.1 Å². The zero-order valence-corrected chi connectivity index (χ0v) is 15.5. The first-order valence-corrected chi connectivity index (χ1v) is 11.2. The monoisotopic (exact) mass is 434 g/mol. The van der Waals surface area contributed by atoms with Gasteiger partial charge in [0, 0.05) is 12.4 Å². The van der Waals surface area contributed by atoms with Crippen LogP contribution in [0.4, 0.5) is 5.69 Å². The quantitative estimate of drug-likeness (QED) is 0.225.